The SMILES string of the molecule is CC(C(=O)NC1CCCCC1)N(Cc1ccc(Cl)c(Cl)c1)C(=O)CN(c1ccccc1)S(C)(=O)=O. The van der Waals surface area contributed by atoms with Crippen molar-refractivity contribution in [3.05, 3.63) is 64.1 Å². The molecule has 0 aromatic heterocycles. The number of carbonyl (C=O) groups excluding carboxylic acids is 2. The van der Waals surface area contributed by atoms with Crippen LogP contribution in [0.15, 0.2) is 48.5 Å². The lowest BCUT2D eigenvalue weighted by Gasteiger charge is -2.33. The summed E-state index contributed by atoms with van der Waals surface area (Å²) in [4.78, 5) is 28.1. The predicted octanol–water partition coefficient (Wildman–Crippen LogP) is 4.63. The van der Waals surface area contributed by atoms with Crippen LogP contribution >= 0.6 is 23.2 Å². The maximum Gasteiger partial charge on any atom is 0.244 e. The lowest BCUT2D eigenvalue weighted by atomic mass is 9.95. The lowest BCUT2D eigenvalue weighted by molar-refractivity contribution is -0.139. The smallest absolute Gasteiger partial charge is 0.244 e. The molecule has 0 bridgehead atoms. The number of nitrogens with one attached hydrogen (secondary N) is 1. The molecule has 7 nitrogen and oxygen atoms in total. The first-order valence-corrected chi connectivity index (χ1v) is 14.2. The van der Waals surface area contributed by atoms with Gasteiger partial charge >= 0.3 is 0 Å². The topological polar surface area (TPSA) is 86.8 Å². The van der Waals surface area contributed by atoms with Gasteiger partial charge in [0.1, 0.15) is 12.6 Å². The number of para-hydroxylation sites is 1. The second kappa shape index (κ2) is 12.1. The van der Waals surface area contributed by atoms with E-state index in [0.717, 1.165) is 42.7 Å². The molecule has 35 heavy (non-hydrogen) atoms. The number of rotatable bonds is 9. The van der Waals surface area contributed by atoms with Gasteiger partial charge < -0.3 is 10.2 Å². The summed E-state index contributed by atoms with van der Waals surface area (Å²) in [6, 6.07) is 12.7. The van der Waals surface area contributed by atoms with Crippen LogP contribution in [0, 0.1) is 0 Å². The minimum absolute atomic E-state index is 0.0708. The molecule has 0 aliphatic heterocycles. The summed E-state index contributed by atoms with van der Waals surface area (Å²) in [6.45, 7) is 1.29. The first-order valence-electron chi connectivity index (χ1n) is 11.6. The summed E-state index contributed by atoms with van der Waals surface area (Å²) in [5.74, 6) is -0.771. The molecule has 0 saturated heterocycles. The zero-order valence-electron chi connectivity index (χ0n) is 19.9. The van der Waals surface area contributed by atoms with E-state index in [1.807, 2.05) is 0 Å². The van der Waals surface area contributed by atoms with Gasteiger partial charge in [0, 0.05) is 12.6 Å². The highest BCUT2D eigenvalue weighted by Crippen LogP contribution is 2.25. The molecule has 0 radical (unpaired) electrons. The summed E-state index contributed by atoms with van der Waals surface area (Å²) in [6.07, 6.45) is 6.15. The van der Waals surface area contributed by atoms with Gasteiger partial charge in [-0.05, 0) is 49.6 Å². The van der Waals surface area contributed by atoms with Gasteiger partial charge in [-0.2, -0.15) is 0 Å². The van der Waals surface area contributed by atoms with Crippen molar-refractivity contribution in [2.45, 2.75) is 57.7 Å². The number of sulfonamides is 1. The molecule has 1 saturated carbocycles. The number of halogens is 2. The minimum atomic E-state index is -3.75. The van der Waals surface area contributed by atoms with Gasteiger partial charge in [0.15, 0.2) is 0 Å². The zero-order valence-corrected chi connectivity index (χ0v) is 22.2. The fourth-order valence-corrected chi connectivity index (χ4v) is 5.36. The van der Waals surface area contributed by atoms with Gasteiger partial charge in [0.2, 0.25) is 21.8 Å². The first kappa shape index (κ1) is 27.3. The highest BCUT2D eigenvalue weighted by Gasteiger charge is 2.31. The highest BCUT2D eigenvalue weighted by atomic mass is 35.5. The second-order valence-electron chi connectivity index (χ2n) is 8.89. The Balaban J connectivity index is 1.87. The summed E-state index contributed by atoms with van der Waals surface area (Å²) in [5.41, 5.74) is 1.05. The molecule has 190 valence electrons. The summed E-state index contributed by atoms with van der Waals surface area (Å²) < 4.78 is 26.1. The van der Waals surface area contributed by atoms with Gasteiger partial charge in [-0.25, -0.2) is 8.42 Å². The zero-order chi connectivity index (χ0) is 25.6. The Kier molecular flexibility index (Phi) is 9.44. The number of nitrogens with zero attached hydrogens (tertiary/aromatic N) is 2. The first-order chi connectivity index (χ1) is 16.6. The molecule has 1 aliphatic carbocycles. The molecule has 1 N–H and O–H groups in total. The maximum absolute atomic E-state index is 13.5. The highest BCUT2D eigenvalue weighted by molar-refractivity contribution is 7.92. The van der Waals surface area contributed by atoms with E-state index in [-0.39, 0.29) is 18.5 Å². The fraction of sp³-hybridized carbons (Fsp3) is 0.440. The summed E-state index contributed by atoms with van der Waals surface area (Å²) >= 11 is 12.2. The van der Waals surface area contributed by atoms with Crippen LogP contribution in [0.1, 0.15) is 44.6 Å². The average Bonchev–Trinajstić information content (AvgIpc) is 2.83. The second-order valence-corrected chi connectivity index (χ2v) is 11.6. The third-order valence-corrected chi connectivity index (χ3v) is 8.06. The maximum atomic E-state index is 13.5. The van der Waals surface area contributed by atoms with Crippen LogP contribution in [0.2, 0.25) is 10.0 Å². The van der Waals surface area contributed by atoms with Crippen LogP contribution in [0.3, 0.4) is 0 Å². The van der Waals surface area contributed by atoms with Crippen molar-refractivity contribution < 1.29 is 18.0 Å². The third kappa shape index (κ3) is 7.59. The Morgan fingerprint density at radius 2 is 1.69 bits per heavy atom. The largest absolute Gasteiger partial charge is 0.352 e. The van der Waals surface area contributed by atoms with Crippen molar-refractivity contribution in [1.29, 1.82) is 0 Å². The number of anilines is 1. The molecular formula is C25H31Cl2N3O4S. The van der Waals surface area contributed by atoms with Crippen LogP contribution in [-0.4, -0.2) is 50.0 Å². The van der Waals surface area contributed by atoms with E-state index in [9.17, 15) is 18.0 Å². The van der Waals surface area contributed by atoms with Gasteiger partial charge in [-0.1, -0.05) is 66.7 Å². The van der Waals surface area contributed by atoms with E-state index in [1.54, 1.807) is 55.5 Å². The average molecular weight is 541 g/mol. The van der Waals surface area contributed by atoms with Crippen LogP contribution in [0.4, 0.5) is 5.69 Å². The van der Waals surface area contributed by atoms with E-state index in [2.05, 4.69) is 5.32 Å². The molecule has 1 aliphatic rings. The summed E-state index contributed by atoms with van der Waals surface area (Å²) in [7, 11) is -3.75. The minimum Gasteiger partial charge on any atom is -0.352 e. The Hall–Kier alpha value is -2.29. The lowest BCUT2D eigenvalue weighted by Crippen LogP contribution is -2.52. The van der Waals surface area contributed by atoms with Crippen molar-refractivity contribution in [1.82, 2.24) is 10.2 Å². The quantitative estimate of drug-likeness (QED) is 0.503. The molecule has 10 heteroatoms. The van der Waals surface area contributed by atoms with Crippen LogP contribution < -0.4 is 9.62 Å². The number of amides is 2. The molecule has 1 unspecified atom stereocenters. The van der Waals surface area contributed by atoms with Crippen molar-refractivity contribution in [3.8, 4) is 0 Å². The Morgan fingerprint density at radius 1 is 1.03 bits per heavy atom. The van der Waals surface area contributed by atoms with E-state index in [0.29, 0.717) is 21.3 Å². The van der Waals surface area contributed by atoms with Crippen molar-refractivity contribution >= 4 is 50.7 Å². The number of hydrogen-bond donors (Lipinski definition) is 1. The molecule has 2 aromatic carbocycles. The summed E-state index contributed by atoms with van der Waals surface area (Å²) in [5, 5.41) is 3.77. The number of carbonyl (C=O) groups is 2. The third-order valence-electron chi connectivity index (χ3n) is 6.18. The van der Waals surface area contributed by atoms with E-state index >= 15 is 0 Å². The fourth-order valence-electron chi connectivity index (χ4n) is 4.19. The van der Waals surface area contributed by atoms with Gasteiger partial charge in [0.25, 0.3) is 0 Å². The van der Waals surface area contributed by atoms with E-state index in [4.69, 9.17) is 23.2 Å². The molecule has 0 spiro atoms. The van der Waals surface area contributed by atoms with E-state index in [1.165, 1.54) is 4.90 Å². The molecule has 1 atom stereocenters. The number of hydrogen-bond acceptors (Lipinski definition) is 4. The number of benzene rings is 2. The molecule has 3 rings (SSSR count). The Bertz CT molecular complexity index is 1140. The van der Waals surface area contributed by atoms with Crippen molar-refractivity contribution in [2.75, 3.05) is 17.1 Å². The molecule has 2 aromatic rings. The molecule has 0 heterocycles. The molecule has 1 fully saturated rings. The van der Waals surface area contributed by atoms with Gasteiger partial charge in [-0.15, -0.1) is 0 Å². The van der Waals surface area contributed by atoms with Crippen molar-refractivity contribution in [3.63, 3.8) is 0 Å². The van der Waals surface area contributed by atoms with Crippen LogP contribution in [-0.2, 0) is 26.2 Å². The Labute approximate surface area is 217 Å². The predicted molar refractivity (Wildman–Crippen MR) is 140 cm³/mol. The standard InChI is InChI=1S/C25H31Cl2N3O4S/c1-18(25(32)28-20-9-5-3-6-10-20)29(16-19-13-14-22(26)23(27)15-19)24(31)17-30(35(2,33)34)21-11-7-4-8-12-21/h4,7-8,11-15,18,20H,3,5-6,9-10,16-17H2,1-2H3,(H,28,32). The van der Waals surface area contributed by atoms with E-state index < -0.39 is 28.5 Å². The van der Waals surface area contributed by atoms with Gasteiger partial charge in [0.05, 0.1) is 22.0 Å². The Morgan fingerprint density at radius 3 is 2.29 bits per heavy atom. The normalized spacial score (nSPS) is 15.3. The van der Waals surface area contributed by atoms with Gasteiger partial charge in [-0.3, -0.25) is 13.9 Å². The monoisotopic (exact) mass is 539 g/mol. The molecular weight excluding hydrogens is 509 g/mol. The van der Waals surface area contributed by atoms with Crippen LogP contribution in [0.25, 0.3) is 0 Å². The molecule has 2 amide bonds. The van der Waals surface area contributed by atoms with Crippen molar-refractivity contribution in [2.24, 2.45) is 0 Å². The van der Waals surface area contributed by atoms with Crippen LogP contribution in [0.5, 0.6) is 0 Å².